The zero-order valence-electron chi connectivity index (χ0n) is 20.8. The van der Waals surface area contributed by atoms with Gasteiger partial charge >= 0.3 is 6.03 Å². The van der Waals surface area contributed by atoms with Crippen LogP contribution in [0.1, 0.15) is 49.7 Å². The number of urea groups is 1. The van der Waals surface area contributed by atoms with Crippen LogP contribution in [0.4, 0.5) is 4.79 Å². The third-order valence-corrected chi connectivity index (χ3v) is 6.81. The molecule has 3 aromatic rings. The van der Waals surface area contributed by atoms with E-state index in [1.54, 1.807) is 12.1 Å². The number of nitrogens with one attached hydrogen (secondary N) is 1. The molecule has 4 rings (SSSR count). The topological polar surface area (TPSA) is 92.0 Å². The second kappa shape index (κ2) is 13.1. The number of aliphatic hydroxyl groups excluding tert-OH is 1. The molecule has 1 heterocycles. The van der Waals surface area contributed by atoms with E-state index in [1.807, 2.05) is 24.3 Å². The van der Waals surface area contributed by atoms with Crippen LogP contribution in [0.25, 0.3) is 11.0 Å². The monoisotopic (exact) mass is 492 g/mol. The largest absolute Gasteiger partial charge is 0.492 e. The molecule has 1 aliphatic carbocycles. The maximum atomic E-state index is 13.4. The molecule has 7 heteroatoms. The molecule has 1 aromatic heterocycles. The normalized spacial score (nSPS) is 14.0. The van der Waals surface area contributed by atoms with Gasteiger partial charge in [0.15, 0.2) is 0 Å². The zero-order valence-corrected chi connectivity index (χ0v) is 20.8. The Balaban J connectivity index is 1.42. The number of hydrogen-bond donors (Lipinski definition) is 2. The highest BCUT2D eigenvalue weighted by molar-refractivity contribution is 5.83. The van der Waals surface area contributed by atoms with Crippen LogP contribution in [0.5, 0.6) is 5.75 Å². The molecular weight excluding hydrogens is 456 g/mol. The number of carbonyl (C=O) groups is 1. The summed E-state index contributed by atoms with van der Waals surface area (Å²) in [5.74, 6) is 1.03. The summed E-state index contributed by atoms with van der Waals surface area (Å²) in [6.07, 6.45) is 9.10. The lowest BCUT2D eigenvalue weighted by atomic mass is 9.90. The number of rotatable bonds is 11. The number of aliphatic hydroxyl groups is 1. The number of benzene rings is 2. The number of hydrogen-bond acceptors (Lipinski definition) is 5. The van der Waals surface area contributed by atoms with Crippen LogP contribution in [0.15, 0.2) is 64.0 Å². The van der Waals surface area contributed by atoms with Gasteiger partial charge in [0.1, 0.15) is 16.7 Å². The first-order valence-electron chi connectivity index (χ1n) is 13.0. The Morgan fingerprint density at radius 1 is 1.08 bits per heavy atom. The van der Waals surface area contributed by atoms with Crippen molar-refractivity contribution in [2.24, 2.45) is 5.92 Å². The smallest absolute Gasteiger partial charge is 0.317 e. The quantitative estimate of drug-likeness (QED) is 0.372. The minimum absolute atomic E-state index is 0.0420. The van der Waals surface area contributed by atoms with Crippen molar-refractivity contribution in [3.05, 3.63) is 76.1 Å². The molecule has 0 saturated heterocycles. The molecule has 0 radical (unpaired) electrons. The number of fused-ring (bicyclic) bond motifs is 1. The molecule has 0 unspecified atom stereocenters. The first kappa shape index (κ1) is 25.8. The van der Waals surface area contributed by atoms with Crippen molar-refractivity contribution in [1.29, 1.82) is 0 Å². The van der Waals surface area contributed by atoms with Gasteiger partial charge in [0.05, 0.1) is 31.6 Å². The molecule has 7 nitrogen and oxygen atoms in total. The fourth-order valence-electron chi connectivity index (χ4n) is 4.80. The molecule has 2 aromatic carbocycles. The molecule has 2 amide bonds. The lowest BCUT2D eigenvalue weighted by molar-refractivity contribution is 0.173. The highest BCUT2D eigenvalue weighted by atomic mass is 16.5. The van der Waals surface area contributed by atoms with E-state index in [0.717, 1.165) is 25.7 Å². The second-order valence-electron chi connectivity index (χ2n) is 9.50. The van der Waals surface area contributed by atoms with Crippen LogP contribution in [0, 0.1) is 5.92 Å². The first-order chi connectivity index (χ1) is 17.7. The van der Waals surface area contributed by atoms with Gasteiger partial charge in [0.25, 0.3) is 0 Å². The molecule has 1 saturated carbocycles. The number of nitrogens with zero attached hydrogens (tertiary/aromatic N) is 1. The van der Waals surface area contributed by atoms with Crippen molar-refractivity contribution in [3.63, 3.8) is 0 Å². The Morgan fingerprint density at radius 2 is 1.89 bits per heavy atom. The van der Waals surface area contributed by atoms with Crippen molar-refractivity contribution in [2.75, 3.05) is 26.3 Å². The molecule has 1 fully saturated rings. The van der Waals surface area contributed by atoms with E-state index in [-0.39, 0.29) is 31.2 Å². The van der Waals surface area contributed by atoms with Gasteiger partial charge in [0.2, 0.25) is 5.43 Å². The Hall–Kier alpha value is -3.32. The molecule has 1 aliphatic rings. The van der Waals surface area contributed by atoms with Gasteiger partial charge in [-0.15, -0.1) is 0 Å². The Kier molecular flexibility index (Phi) is 9.39. The van der Waals surface area contributed by atoms with Gasteiger partial charge in [-0.1, -0.05) is 55.7 Å². The third kappa shape index (κ3) is 6.88. The average molecular weight is 493 g/mol. The van der Waals surface area contributed by atoms with E-state index in [1.165, 1.54) is 36.0 Å². The number of aryl methyl sites for hydroxylation is 1. The SMILES string of the molecule is O=C(NCCCc1ccccc1)N(CCO)Cc1coc2cccc(OCC3CCCCC3)c2c1=O. The summed E-state index contributed by atoms with van der Waals surface area (Å²) in [6.45, 7) is 1.04. The molecule has 0 aliphatic heterocycles. The minimum atomic E-state index is -0.321. The fraction of sp³-hybridized carbons (Fsp3) is 0.448. The fourth-order valence-corrected chi connectivity index (χ4v) is 4.80. The van der Waals surface area contributed by atoms with E-state index < -0.39 is 0 Å². The van der Waals surface area contributed by atoms with Crippen LogP contribution in [0.2, 0.25) is 0 Å². The lowest BCUT2D eigenvalue weighted by Crippen LogP contribution is -2.42. The van der Waals surface area contributed by atoms with Gasteiger partial charge in [-0.25, -0.2) is 4.79 Å². The van der Waals surface area contributed by atoms with E-state index in [9.17, 15) is 14.7 Å². The first-order valence-corrected chi connectivity index (χ1v) is 13.0. The summed E-state index contributed by atoms with van der Waals surface area (Å²) in [5.41, 5.74) is 1.82. The number of ether oxygens (including phenoxy) is 1. The predicted octanol–water partition coefficient (Wildman–Crippen LogP) is 4.89. The average Bonchev–Trinajstić information content (AvgIpc) is 2.92. The molecule has 0 spiro atoms. The number of amides is 2. The second-order valence-corrected chi connectivity index (χ2v) is 9.50. The summed E-state index contributed by atoms with van der Waals surface area (Å²) in [6, 6.07) is 15.2. The van der Waals surface area contributed by atoms with E-state index >= 15 is 0 Å². The molecular formula is C29H36N2O5. The predicted molar refractivity (Wildman–Crippen MR) is 140 cm³/mol. The van der Waals surface area contributed by atoms with Gasteiger partial charge in [-0.05, 0) is 49.3 Å². The van der Waals surface area contributed by atoms with Crippen LogP contribution in [0.3, 0.4) is 0 Å². The highest BCUT2D eigenvalue weighted by Gasteiger charge is 2.19. The summed E-state index contributed by atoms with van der Waals surface area (Å²) in [5, 5.41) is 12.8. The van der Waals surface area contributed by atoms with Crippen molar-refractivity contribution >= 4 is 17.0 Å². The molecule has 192 valence electrons. The van der Waals surface area contributed by atoms with E-state index in [0.29, 0.717) is 41.4 Å². The lowest BCUT2D eigenvalue weighted by Gasteiger charge is -2.23. The van der Waals surface area contributed by atoms with Crippen LogP contribution in [-0.2, 0) is 13.0 Å². The third-order valence-electron chi connectivity index (χ3n) is 6.81. The van der Waals surface area contributed by atoms with E-state index in [4.69, 9.17) is 9.15 Å². The van der Waals surface area contributed by atoms with Crippen molar-refractivity contribution < 1.29 is 19.1 Å². The molecule has 36 heavy (non-hydrogen) atoms. The van der Waals surface area contributed by atoms with Crippen LogP contribution >= 0.6 is 0 Å². The Labute approximate surface area is 212 Å². The van der Waals surface area contributed by atoms with Crippen molar-refractivity contribution in [1.82, 2.24) is 10.2 Å². The van der Waals surface area contributed by atoms with Gasteiger partial charge in [-0.3, -0.25) is 4.79 Å². The number of carbonyl (C=O) groups excluding carboxylic acids is 1. The standard InChI is InChI=1S/C29H36N2O5/c32-18-17-31(29(34)30-16-8-13-22-9-3-1-4-10-22)19-24-21-36-26-15-7-14-25(27(26)28(24)33)35-20-23-11-5-2-6-12-23/h1,3-4,7,9-10,14-15,21,23,32H,2,5-6,8,11-13,16-20H2,(H,30,34). The summed E-state index contributed by atoms with van der Waals surface area (Å²) in [7, 11) is 0. The molecule has 0 atom stereocenters. The Bertz CT molecular complexity index is 1170. The summed E-state index contributed by atoms with van der Waals surface area (Å²) < 4.78 is 11.9. The molecule has 0 bridgehead atoms. The summed E-state index contributed by atoms with van der Waals surface area (Å²) in [4.78, 5) is 27.7. The maximum Gasteiger partial charge on any atom is 0.317 e. The maximum absolute atomic E-state index is 13.4. The summed E-state index contributed by atoms with van der Waals surface area (Å²) >= 11 is 0. The zero-order chi connectivity index (χ0) is 25.2. The van der Waals surface area contributed by atoms with Gasteiger partial charge < -0.3 is 24.5 Å². The van der Waals surface area contributed by atoms with Gasteiger partial charge in [0, 0.05) is 13.1 Å². The highest BCUT2D eigenvalue weighted by Crippen LogP contribution is 2.27. The van der Waals surface area contributed by atoms with Crippen LogP contribution in [-0.4, -0.2) is 42.3 Å². The van der Waals surface area contributed by atoms with Crippen molar-refractivity contribution in [3.8, 4) is 5.75 Å². The van der Waals surface area contributed by atoms with Crippen molar-refractivity contribution in [2.45, 2.75) is 51.5 Å². The minimum Gasteiger partial charge on any atom is -0.492 e. The Morgan fingerprint density at radius 3 is 2.67 bits per heavy atom. The van der Waals surface area contributed by atoms with E-state index in [2.05, 4.69) is 17.4 Å². The van der Waals surface area contributed by atoms with Gasteiger partial charge in [-0.2, -0.15) is 0 Å². The van der Waals surface area contributed by atoms with Crippen LogP contribution < -0.4 is 15.5 Å². The molecule has 2 N–H and O–H groups in total.